The normalized spacial score (nSPS) is 12.9. The van der Waals surface area contributed by atoms with E-state index in [0.717, 1.165) is 11.7 Å². The quantitative estimate of drug-likeness (QED) is 0.432. The molecule has 28 heavy (non-hydrogen) atoms. The minimum atomic E-state index is -4.86. The lowest BCUT2D eigenvalue weighted by molar-refractivity contribution is -0.384. The SMILES string of the molecule is CCn1c(OC)cc(C(F)(F)F)nc1=Nc1ccc(C(F)(F)F)cc1[N+](=O)[O-]. The van der Waals surface area contributed by atoms with Crippen molar-refractivity contribution in [1.82, 2.24) is 9.55 Å². The first-order valence-corrected chi connectivity index (χ1v) is 7.52. The molecule has 0 atom stereocenters. The molecule has 0 unspecified atom stereocenters. The van der Waals surface area contributed by atoms with Crippen molar-refractivity contribution in [3.05, 3.63) is 51.3 Å². The maximum absolute atomic E-state index is 13.0. The number of methoxy groups -OCH3 is 1. The fourth-order valence-corrected chi connectivity index (χ4v) is 2.24. The van der Waals surface area contributed by atoms with Gasteiger partial charge in [-0.2, -0.15) is 26.3 Å². The van der Waals surface area contributed by atoms with Gasteiger partial charge in [-0.15, -0.1) is 0 Å². The standard InChI is InChI=1S/C15H12F6N4O3/c1-3-24-12(28-2)7-11(15(19,20)21)23-13(24)22-9-5-4-8(14(16,17)18)6-10(9)25(26)27/h4-7H,3H2,1-2H3. The fraction of sp³-hybridized carbons (Fsp3) is 0.333. The number of hydrogen-bond acceptors (Lipinski definition) is 5. The van der Waals surface area contributed by atoms with Crippen LogP contribution in [0.5, 0.6) is 5.88 Å². The van der Waals surface area contributed by atoms with Gasteiger partial charge < -0.3 is 4.74 Å². The highest BCUT2D eigenvalue weighted by Crippen LogP contribution is 2.36. The Hall–Kier alpha value is -3.12. The highest BCUT2D eigenvalue weighted by atomic mass is 19.4. The largest absolute Gasteiger partial charge is 0.482 e. The summed E-state index contributed by atoms with van der Waals surface area (Å²) in [6, 6.07) is 2.09. The maximum atomic E-state index is 13.0. The van der Waals surface area contributed by atoms with Gasteiger partial charge in [0.05, 0.1) is 17.6 Å². The van der Waals surface area contributed by atoms with Crippen molar-refractivity contribution in [3.63, 3.8) is 0 Å². The van der Waals surface area contributed by atoms with Crippen LogP contribution in [-0.2, 0) is 18.9 Å². The molecule has 0 aliphatic carbocycles. The van der Waals surface area contributed by atoms with E-state index in [0.29, 0.717) is 18.2 Å². The van der Waals surface area contributed by atoms with Gasteiger partial charge in [-0.3, -0.25) is 14.7 Å². The van der Waals surface area contributed by atoms with Crippen LogP contribution in [0.3, 0.4) is 0 Å². The summed E-state index contributed by atoms with van der Waals surface area (Å²) in [5, 5.41) is 11.1. The fourth-order valence-electron chi connectivity index (χ4n) is 2.24. The summed E-state index contributed by atoms with van der Waals surface area (Å²) in [4.78, 5) is 17.1. The van der Waals surface area contributed by atoms with Crippen LogP contribution in [0, 0.1) is 10.1 Å². The molecule has 0 saturated carbocycles. The summed E-state index contributed by atoms with van der Waals surface area (Å²) in [5.41, 5.74) is -4.90. The number of hydrogen-bond donors (Lipinski definition) is 0. The summed E-state index contributed by atoms with van der Waals surface area (Å²) in [7, 11) is 1.10. The van der Waals surface area contributed by atoms with Gasteiger partial charge in [0.15, 0.2) is 11.6 Å². The van der Waals surface area contributed by atoms with E-state index in [4.69, 9.17) is 4.74 Å². The number of aromatic nitrogens is 2. The predicted molar refractivity (Wildman–Crippen MR) is 82.8 cm³/mol. The van der Waals surface area contributed by atoms with E-state index < -0.39 is 45.5 Å². The van der Waals surface area contributed by atoms with E-state index in [1.165, 1.54) is 6.92 Å². The summed E-state index contributed by atoms with van der Waals surface area (Å²) < 4.78 is 83.4. The number of alkyl halides is 6. The molecule has 0 N–H and O–H groups in total. The summed E-state index contributed by atoms with van der Waals surface area (Å²) in [6.45, 7) is 1.55. The molecule has 152 valence electrons. The zero-order valence-electron chi connectivity index (χ0n) is 14.3. The second-order valence-electron chi connectivity index (χ2n) is 5.30. The molecular formula is C15H12F6N4O3. The summed E-state index contributed by atoms with van der Waals surface area (Å²) in [6.07, 6.45) is -9.71. The van der Waals surface area contributed by atoms with Gasteiger partial charge in [0.25, 0.3) is 5.69 Å². The zero-order chi connectivity index (χ0) is 21.3. The first-order valence-electron chi connectivity index (χ1n) is 7.52. The van der Waals surface area contributed by atoms with E-state index >= 15 is 0 Å². The van der Waals surface area contributed by atoms with E-state index in [9.17, 15) is 36.5 Å². The molecule has 0 saturated heterocycles. The van der Waals surface area contributed by atoms with Crippen molar-refractivity contribution in [3.8, 4) is 5.88 Å². The Balaban J connectivity index is 2.82. The van der Waals surface area contributed by atoms with Crippen molar-refractivity contribution in [2.24, 2.45) is 4.99 Å². The van der Waals surface area contributed by atoms with Crippen molar-refractivity contribution in [2.45, 2.75) is 25.8 Å². The lowest BCUT2D eigenvalue weighted by Gasteiger charge is -2.14. The van der Waals surface area contributed by atoms with Crippen LogP contribution >= 0.6 is 0 Å². The van der Waals surface area contributed by atoms with Crippen LogP contribution < -0.4 is 10.4 Å². The number of nitro groups is 1. The molecule has 0 spiro atoms. The predicted octanol–water partition coefficient (Wildman–Crippen LogP) is 4.09. The Morgan fingerprint density at radius 1 is 1.18 bits per heavy atom. The van der Waals surface area contributed by atoms with Gasteiger partial charge in [-0.25, -0.2) is 9.98 Å². The third kappa shape index (κ3) is 4.40. The Bertz CT molecular complexity index is 966. The highest BCUT2D eigenvalue weighted by Gasteiger charge is 2.35. The molecule has 0 aliphatic heterocycles. The molecule has 2 rings (SSSR count). The molecule has 0 radical (unpaired) electrons. The van der Waals surface area contributed by atoms with E-state index in [-0.39, 0.29) is 18.5 Å². The van der Waals surface area contributed by atoms with Crippen LogP contribution in [-0.4, -0.2) is 21.6 Å². The lowest BCUT2D eigenvalue weighted by Crippen LogP contribution is -2.28. The van der Waals surface area contributed by atoms with Crippen LogP contribution in [0.4, 0.5) is 37.7 Å². The molecular weight excluding hydrogens is 398 g/mol. The maximum Gasteiger partial charge on any atom is 0.433 e. The third-order valence-corrected chi connectivity index (χ3v) is 3.52. The second-order valence-corrected chi connectivity index (χ2v) is 5.30. The van der Waals surface area contributed by atoms with Crippen molar-refractivity contribution < 1.29 is 36.0 Å². The highest BCUT2D eigenvalue weighted by molar-refractivity contribution is 5.58. The first-order chi connectivity index (χ1) is 12.9. The van der Waals surface area contributed by atoms with Gasteiger partial charge in [-0.1, -0.05) is 0 Å². The Morgan fingerprint density at radius 3 is 2.29 bits per heavy atom. The number of nitrogens with zero attached hydrogens (tertiary/aromatic N) is 4. The van der Waals surface area contributed by atoms with E-state index in [1.807, 2.05) is 0 Å². The average Bonchev–Trinajstić information content (AvgIpc) is 2.59. The average molecular weight is 410 g/mol. The number of benzene rings is 1. The topological polar surface area (TPSA) is 82.5 Å². The molecule has 2 aromatic rings. The van der Waals surface area contributed by atoms with Gasteiger partial charge in [-0.05, 0) is 19.1 Å². The Kier molecular flexibility index (Phi) is 5.66. The summed E-state index contributed by atoms with van der Waals surface area (Å²) >= 11 is 0. The molecule has 1 heterocycles. The molecule has 1 aromatic carbocycles. The number of rotatable bonds is 4. The molecule has 0 bridgehead atoms. The molecule has 0 fully saturated rings. The number of halogens is 6. The molecule has 1 aromatic heterocycles. The third-order valence-electron chi connectivity index (χ3n) is 3.52. The van der Waals surface area contributed by atoms with Crippen molar-refractivity contribution in [1.29, 1.82) is 0 Å². The first kappa shape index (κ1) is 21.2. The summed E-state index contributed by atoms with van der Waals surface area (Å²) in [5.74, 6) is -0.280. The number of nitro benzene ring substituents is 1. The van der Waals surface area contributed by atoms with Gasteiger partial charge in [0.2, 0.25) is 5.62 Å². The minimum absolute atomic E-state index is 0.0293. The van der Waals surface area contributed by atoms with Crippen molar-refractivity contribution >= 4 is 11.4 Å². The van der Waals surface area contributed by atoms with Crippen LogP contribution in [0.1, 0.15) is 18.2 Å². The Labute approximate surface area is 153 Å². The molecule has 13 heteroatoms. The van der Waals surface area contributed by atoms with Gasteiger partial charge >= 0.3 is 12.4 Å². The van der Waals surface area contributed by atoms with Crippen LogP contribution in [0.25, 0.3) is 0 Å². The molecule has 7 nitrogen and oxygen atoms in total. The number of ether oxygens (including phenoxy) is 1. The Morgan fingerprint density at radius 2 is 1.82 bits per heavy atom. The van der Waals surface area contributed by atoms with Crippen LogP contribution in [0.2, 0.25) is 0 Å². The van der Waals surface area contributed by atoms with Gasteiger partial charge in [0, 0.05) is 18.7 Å². The molecule has 0 aliphatic rings. The molecule has 0 amide bonds. The zero-order valence-corrected chi connectivity index (χ0v) is 14.3. The van der Waals surface area contributed by atoms with E-state index in [2.05, 4.69) is 9.98 Å². The minimum Gasteiger partial charge on any atom is -0.482 e. The smallest absolute Gasteiger partial charge is 0.433 e. The lowest BCUT2D eigenvalue weighted by atomic mass is 10.1. The van der Waals surface area contributed by atoms with Crippen LogP contribution in [0.15, 0.2) is 29.3 Å². The second kappa shape index (κ2) is 7.48. The monoisotopic (exact) mass is 410 g/mol. The van der Waals surface area contributed by atoms with Gasteiger partial charge in [0.1, 0.15) is 5.69 Å². The van der Waals surface area contributed by atoms with E-state index in [1.54, 1.807) is 0 Å². The van der Waals surface area contributed by atoms with Crippen molar-refractivity contribution in [2.75, 3.05) is 7.11 Å².